The van der Waals surface area contributed by atoms with Crippen LogP contribution < -0.4 is 10.1 Å². The van der Waals surface area contributed by atoms with Crippen molar-refractivity contribution in [3.63, 3.8) is 0 Å². The molecule has 0 radical (unpaired) electrons. The van der Waals surface area contributed by atoms with Crippen molar-refractivity contribution in [3.8, 4) is 11.6 Å². The molecule has 2 aromatic rings. The van der Waals surface area contributed by atoms with Gasteiger partial charge in [-0.2, -0.15) is 0 Å². The average Bonchev–Trinajstić information content (AvgIpc) is 2.49. The highest BCUT2D eigenvalue weighted by Gasteiger charge is 2.11. The Kier molecular flexibility index (Phi) is 3.97. The van der Waals surface area contributed by atoms with E-state index in [2.05, 4.69) is 28.5 Å². The largest absolute Gasteiger partial charge is 0.439 e. The second kappa shape index (κ2) is 6.06. The quantitative estimate of drug-likeness (QED) is 0.922. The third-order valence-electron chi connectivity index (χ3n) is 3.75. The fourth-order valence-corrected chi connectivity index (χ4v) is 2.73. The first-order valence-electron chi connectivity index (χ1n) is 7.25. The zero-order chi connectivity index (χ0) is 13.8. The summed E-state index contributed by atoms with van der Waals surface area (Å²) in [7, 11) is 1.93. The number of pyridine rings is 1. The van der Waals surface area contributed by atoms with Crippen molar-refractivity contribution in [2.24, 2.45) is 0 Å². The number of rotatable bonds is 4. The molecule has 0 aliphatic heterocycles. The molecular weight excluding hydrogens is 248 g/mol. The van der Waals surface area contributed by atoms with Crippen molar-refractivity contribution < 1.29 is 4.74 Å². The molecule has 0 atom stereocenters. The van der Waals surface area contributed by atoms with E-state index in [1.54, 1.807) is 6.20 Å². The highest BCUT2D eigenvalue weighted by molar-refractivity contribution is 5.39. The maximum atomic E-state index is 5.98. The van der Waals surface area contributed by atoms with Crippen molar-refractivity contribution in [2.75, 3.05) is 7.05 Å². The minimum Gasteiger partial charge on any atom is -0.439 e. The molecule has 1 N–H and O–H groups in total. The highest BCUT2D eigenvalue weighted by atomic mass is 16.5. The Morgan fingerprint density at radius 1 is 1.15 bits per heavy atom. The summed E-state index contributed by atoms with van der Waals surface area (Å²) >= 11 is 0. The van der Waals surface area contributed by atoms with Crippen molar-refractivity contribution in [1.29, 1.82) is 0 Å². The normalized spacial score (nSPS) is 13.8. The van der Waals surface area contributed by atoms with Crippen LogP contribution in [0, 0.1) is 0 Å². The van der Waals surface area contributed by atoms with Crippen LogP contribution in [0.1, 0.15) is 29.5 Å². The number of hydrogen-bond acceptors (Lipinski definition) is 3. The van der Waals surface area contributed by atoms with Gasteiger partial charge in [-0.1, -0.05) is 12.1 Å². The van der Waals surface area contributed by atoms with E-state index in [0.717, 1.165) is 24.3 Å². The van der Waals surface area contributed by atoms with Gasteiger partial charge in [-0.3, -0.25) is 0 Å². The monoisotopic (exact) mass is 268 g/mol. The van der Waals surface area contributed by atoms with Crippen LogP contribution in [-0.4, -0.2) is 12.0 Å². The van der Waals surface area contributed by atoms with Gasteiger partial charge in [0.2, 0.25) is 5.88 Å². The summed E-state index contributed by atoms with van der Waals surface area (Å²) < 4.78 is 5.98. The lowest BCUT2D eigenvalue weighted by molar-refractivity contribution is 0.453. The number of aryl methyl sites for hydroxylation is 2. The summed E-state index contributed by atoms with van der Waals surface area (Å²) in [6.07, 6.45) is 6.72. The molecule has 0 bridgehead atoms. The minimum absolute atomic E-state index is 0.692. The highest BCUT2D eigenvalue weighted by Crippen LogP contribution is 2.28. The Bertz CT molecular complexity index is 595. The van der Waals surface area contributed by atoms with Crippen LogP contribution >= 0.6 is 0 Å². The second-order valence-electron chi connectivity index (χ2n) is 5.24. The van der Waals surface area contributed by atoms with Gasteiger partial charge in [0.25, 0.3) is 0 Å². The molecule has 0 spiro atoms. The predicted molar refractivity (Wildman–Crippen MR) is 80.2 cm³/mol. The maximum absolute atomic E-state index is 5.98. The minimum atomic E-state index is 0.692. The summed E-state index contributed by atoms with van der Waals surface area (Å²) in [5, 5.41) is 3.14. The number of nitrogens with one attached hydrogen (secondary N) is 1. The van der Waals surface area contributed by atoms with Crippen LogP contribution in [0.5, 0.6) is 11.6 Å². The number of ether oxygens (including phenoxy) is 1. The van der Waals surface area contributed by atoms with E-state index in [1.807, 2.05) is 19.2 Å². The molecule has 1 heterocycles. The maximum Gasteiger partial charge on any atom is 0.223 e. The molecule has 1 aromatic carbocycles. The van der Waals surface area contributed by atoms with Gasteiger partial charge in [0, 0.05) is 18.3 Å². The molecule has 0 saturated carbocycles. The fraction of sp³-hybridized carbons (Fsp3) is 0.353. The molecule has 1 aliphatic rings. The Balaban J connectivity index is 1.84. The topological polar surface area (TPSA) is 34.2 Å². The molecular formula is C17H20N2O. The van der Waals surface area contributed by atoms with E-state index < -0.39 is 0 Å². The summed E-state index contributed by atoms with van der Waals surface area (Å²) in [6.45, 7) is 0.758. The lowest BCUT2D eigenvalue weighted by atomic mass is 9.92. The SMILES string of the molecule is CNCc1cccnc1Oc1ccc2c(c1)CCCC2. The third-order valence-corrected chi connectivity index (χ3v) is 3.75. The van der Waals surface area contributed by atoms with E-state index in [-0.39, 0.29) is 0 Å². The molecule has 1 aliphatic carbocycles. The molecule has 0 saturated heterocycles. The fourth-order valence-electron chi connectivity index (χ4n) is 2.73. The number of fused-ring (bicyclic) bond motifs is 1. The van der Waals surface area contributed by atoms with Crippen LogP contribution in [0.3, 0.4) is 0 Å². The van der Waals surface area contributed by atoms with Crippen LogP contribution in [0.25, 0.3) is 0 Å². The number of benzene rings is 1. The van der Waals surface area contributed by atoms with Gasteiger partial charge in [-0.05, 0) is 62.1 Å². The molecule has 3 heteroatoms. The van der Waals surface area contributed by atoms with Gasteiger partial charge in [0.15, 0.2) is 0 Å². The van der Waals surface area contributed by atoms with Crippen LogP contribution in [0.4, 0.5) is 0 Å². The number of nitrogens with zero attached hydrogens (tertiary/aromatic N) is 1. The summed E-state index contributed by atoms with van der Waals surface area (Å²) in [5.74, 6) is 1.58. The molecule has 0 amide bonds. The molecule has 20 heavy (non-hydrogen) atoms. The first-order valence-corrected chi connectivity index (χ1v) is 7.25. The Hall–Kier alpha value is -1.87. The van der Waals surface area contributed by atoms with E-state index in [1.165, 1.54) is 30.4 Å². The van der Waals surface area contributed by atoms with Crippen LogP contribution in [0.2, 0.25) is 0 Å². The Labute approximate surface area is 120 Å². The predicted octanol–water partition coefficient (Wildman–Crippen LogP) is 3.47. The van der Waals surface area contributed by atoms with Gasteiger partial charge in [0.1, 0.15) is 5.75 Å². The smallest absolute Gasteiger partial charge is 0.223 e. The van der Waals surface area contributed by atoms with Crippen molar-refractivity contribution in [2.45, 2.75) is 32.2 Å². The molecule has 0 unspecified atom stereocenters. The van der Waals surface area contributed by atoms with Gasteiger partial charge in [-0.15, -0.1) is 0 Å². The van der Waals surface area contributed by atoms with E-state index in [0.29, 0.717) is 5.88 Å². The number of aromatic nitrogens is 1. The lowest BCUT2D eigenvalue weighted by Gasteiger charge is -2.17. The van der Waals surface area contributed by atoms with Crippen molar-refractivity contribution in [1.82, 2.24) is 10.3 Å². The second-order valence-corrected chi connectivity index (χ2v) is 5.24. The van der Waals surface area contributed by atoms with Crippen molar-refractivity contribution >= 4 is 0 Å². The zero-order valence-electron chi connectivity index (χ0n) is 11.9. The van der Waals surface area contributed by atoms with Gasteiger partial charge in [-0.25, -0.2) is 4.98 Å². The molecule has 1 aromatic heterocycles. The van der Waals surface area contributed by atoms with E-state index >= 15 is 0 Å². The standard InChI is InChI=1S/C17H20N2O/c1-18-12-15-7-4-10-19-17(15)20-16-9-8-13-5-2-3-6-14(13)11-16/h4,7-11,18H,2-3,5-6,12H2,1H3. The Morgan fingerprint density at radius 3 is 2.85 bits per heavy atom. The van der Waals surface area contributed by atoms with Gasteiger partial charge < -0.3 is 10.1 Å². The first kappa shape index (κ1) is 13.1. The first-order chi connectivity index (χ1) is 9.86. The molecule has 104 valence electrons. The molecule has 0 fully saturated rings. The number of hydrogen-bond donors (Lipinski definition) is 1. The van der Waals surface area contributed by atoms with Crippen molar-refractivity contribution in [3.05, 3.63) is 53.2 Å². The third kappa shape index (κ3) is 2.83. The van der Waals surface area contributed by atoms with Crippen LogP contribution in [-0.2, 0) is 19.4 Å². The van der Waals surface area contributed by atoms with E-state index in [4.69, 9.17) is 4.74 Å². The molecule has 3 nitrogen and oxygen atoms in total. The Morgan fingerprint density at radius 2 is 2.00 bits per heavy atom. The molecule has 3 rings (SSSR count). The van der Waals surface area contributed by atoms with Gasteiger partial charge >= 0.3 is 0 Å². The lowest BCUT2D eigenvalue weighted by Crippen LogP contribution is -2.07. The summed E-state index contributed by atoms with van der Waals surface area (Å²) in [6, 6.07) is 10.4. The summed E-state index contributed by atoms with van der Waals surface area (Å²) in [5.41, 5.74) is 3.98. The summed E-state index contributed by atoms with van der Waals surface area (Å²) in [4.78, 5) is 4.34. The van der Waals surface area contributed by atoms with Crippen LogP contribution in [0.15, 0.2) is 36.5 Å². The zero-order valence-corrected chi connectivity index (χ0v) is 11.9. The average molecular weight is 268 g/mol. The van der Waals surface area contributed by atoms with E-state index in [9.17, 15) is 0 Å². The van der Waals surface area contributed by atoms with Gasteiger partial charge in [0.05, 0.1) is 0 Å².